The van der Waals surface area contributed by atoms with E-state index in [-0.39, 0.29) is 11.9 Å². The second-order valence-corrected chi connectivity index (χ2v) is 7.21. The first kappa shape index (κ1) is 16.8. The van der Waals surface area contributed by atoms with Gasteiger partial charge in [0.1, 0.15) is 5.82 Å². The van der Waals surface area contributed by atoms with Crippen molar-refractivity contribution < 1.29 is 4.39 Å². The number of rotatable bonds is 7. The van der Waals surface area contributed by atoms with E-state index >= 15 is 0 Å². The van der Waals surface area contributed by atoms with Gasteiger partial charge in [-0.2, -0.15) is 0 Å². The largest absolute Gasteiger partial charge is 0.313 e. The summed E-state index contributed by atoms with van der Waals surface area (Å²) in [6, 6.07) is 8.83. The maximum Gasteiger partial charge on any atom is 0.124 e. The first-order valence-electron chi connectivity index (χ1n) is 7.00. The fourth-order valence-electron chi connectivity index (χ4n) is 2.22. The molecule has 1 unspecified atom stereocenters. The van der Waals surface area contributed by atoms with Crippen LogP contribution in [-0.2, 0) is 12.8 Å². The first-order valence-corrected chi connectivity index (χ1v) is 8.57. The summed E-state index contributed by atoms with van der Waals surface area (Å²) in [5, 5.41) is 4.02. The predicted octanol–water partition coefficient (Wildman–Crippen LogP) is 5.35. The van der Waals surface area contributed by atoms with Gasteiger partial charge in [-0.25, -0.2) is 4.39 Å². The summed E-state index contributed by atoms with van der Waals surface area (Å²) in [7, 11) is 0. The third kappa shape index (κ3) is 5.26. The summed E-state index contributed by atoms with van der Waals surface area (Å²) >= 11 is 13.7. The molecule has 1 aromatic heterocycles. The van der Waals surface area contributed by atoms with Crippen LogP contribution in [0.25, 0.3) is 0 Å². The fraction of sp³-hybridized carbons (Fsp3) is 0.375. The fourth-order valence-corrected chi connectivity index (χ4v) is 3.63. The van der Waals surface area contributed by atoms with E-state index in [2.05, 4.69) is 18.3 Å². The molecule has 0 fully saturated rings. The Hall–Kier alpha value is -0.610. The molecule has 5 heteroatoms. The van der Waals surface area contributed by atoms with E-state index in [4.69, 9.17) is 23.2 Å². The Labute approximate surface area is 139 Å². The maximum atomic E-state index is 13.1. The van der Waals surface area contributed by atoms with Crippen molar-refractivity contribution in [3.63, 3.8) is 0 Å². The van der Waals surface area contributed by atoms with E-state index in [9.17, 15) is 4.39 Å². The van der Waals surface area contributed by atoms with Gasteiger partial charge in [-0.05, 0) is 55.6 Å². The van der Waals surface area contributed by atoms with Crippen molar-refractivity contribution in [2.75, 3.05) is 6.54 Å². The number of hydrogen-bond acceptors (Lipinski definition) is 2. The van der Waals surface area contributed by atoms with Crippen molar-refractivity contribution >= 4 is 34.5 Å². The first-order chi connectivity index (χ1) is 10.1. The standard InChI is InChI=1S/C16H18Cl2FNS/c1-2-7-20-13(10-14-5-6-16(18)21-14)8-11-3-4-12(19)9-15(11)17/h3-6,9,13,20H,2,7-8,10H2,1H3. The van der Waals surface area contributed by atoms with E-state index in [1.54, 1.807) is 17.4 Å². The van der Waals surface area contributed by atoms with Crippen LogP contribution in [0.1, 0.15) is 23.8 Å². The molecular formula is C16H18Cl2FNS. The zero-order valence-electron chi connectivity index (χ0n) is 11.8. The Morgan fingerprint density at radius 1 is 1.19 bits per heavy atom. The van der Waals surface area contributed by atoms with Crippen molar-refractivity contribution in [1.29, 1.82) is 0 Å². The molecular weight excluding hydrogens is 328 g/mol. The summed E-state index contributed by atoms with van der Waals surface area (Å²) in [6.07, 6.45) is 2.73. The third-order valence-corrected chi connectivity index (χ3v) is 4.85. The molecule has 114 valence electrons. The van der Waals surface area contributed by atoms with Gasteiger partial charge in [-0.15, -0.1) is 11.3 Å². The molecule has 0 aliphatic rings. The Balaban J connectivity index is 2.08. The lowest BCUT2D eigenvalue weighted by Gasteiger charge is -2.18. The Morgan fingerprint density at radius 2 is 2.00 bits per heavy atom. The van der Waals surface area contributed by atoms with Crippen LogP contribution in [-0.4, -0.2) is 12.6 Å². The summed E-state index contributed by atoms with van der Waals surface area (Å²) in [6.45, 7) is 3.08. The van der Waals surface area contributed by atoms with E-state index in [0.29, 0.717) is 5.02 Å². The lowest BCUT2D eigenvalue weighted by molar-refractivity contribution is 0.507. The minimum atomic E-state index is -0.299. The minimum Gasteiger partial charge on any atom is -0.313 e. The van der Waals surface area contributed by atoms with Gasteiger partial charge in [0.2, 0.25) is 0 Å². The van der Waals surface area contributed by atoms with Gasteiger partial charge in [0, 0.05) is 15.9 Å². The normalized spacial score (nSPS) is 12.6. The lowest BCUT2D eigenvalue weighted by atomic mass is 10.0. The highest BCUT2D eigenvalue weighted by Crippen LogP contribution is 2.24. The van der Waals surface area contributed by atoms with Crippen LogP contribution in [0.2, 0.25) is 9.36 Å². The van der Waals surface area contributed by atoms with Crippen molar-refractivity contribution in [3.05, 3.63) is 55.9 Å². The molecule has 1 atom stereocenters. The molecule has 0 aliphatic carbocycles. The van der Waals surface area contributed by atoms with Crippen LogP contribution < -0.4 is 5.32 Å². The highest BCUT2D eigenvalue weighted by molar-refractivity contribution is 7.16. The predicted molar refractivity (Wildman–Crippen MR) is 90.2 cm³/mol. The Morgan fingerprint density at radius 3 is 2.62 bits per heavy atom. The van der Waals surface area contributed by atoms with Crippen LogP contribution >= 0.6 is 34.5 Å². The molecule has 1 nitrogen and oxygen atoms in total. The highest BCUT2D eigenvalue weighted by Gasteiger charge is 2.13. The van der Waals surface area contributed by atoms with E-state index in [0.717, 1.165) is 35.7 Å². The van der Waals surface area contributed by atoms with E-state index in [1.165, 1.54) is 17.0 Å². The van der Waals surface area contributed by atoms with Crippen LogP contribution in [0, 0.1) is 5.82 Å². The summed E-state index contributed by atoms with van der Waals surface area (Å²) in [5.41, 5.74) is 0.967. The number of nitrogens with one attached hydrogen (secondary N) is 1. The SMILES string of the molecule is CCCNC(Cc1ccc(Cl)s1)Cc1ccc(F)cc1Cl. The Bertz CT molecular complexity index is 585. The molecule has 0 saturated heterocycles. The molecule has 0 radical (unpaired) electrons. The zero-order valence-corrected chi connectivity index (χ0v) is 14.2. The summed E-state index contributed by atoms with van der Waals surface area (Å²) < 4.78 is 13.9. The van der Waals surface area contributed by atoms with Gasteiger partial charge < -0.3 is 5.32 Å². The van der Waals surface area contributed by atoms with Gasteiger partial charge in [0.05, 0.1) is 4.34 Å². The zero-order chi connectivity index (χ0) is 15.2. The van der Waals surface area contributed by atoms with Gasteiger partial charge in [0.15, 0.2) is 0 Å². The molecule has 1 heterocycles. The molecule has 0 amide bonds. The smallest absolute Gasteiger partial charge is 0.124 e. The van der Waals surface area contributed by atoms with E-state index in [1.807, 2.05) is 6.07 Å². The topological polar surface area (TPSA) is 12.0 Å². The molecule has 0 saturated carbocycles. The van der Waals surface area contributed by atoms with Crippen molar-refractivity contribution in [1.82, 2.24) is 5.32 Å². The molecule has 1 N–H and O–H groups in total. The maximum absolute atomic E-state index is 13.1. The van der Waals surface area contributed by atoms with Crippen molar-refractivity contribution in [3.8, 4) is 0 Å². The van der Waals surface area contributed by atoms with Crippen LogP contribution in [0.3, 0.4) is 0 Å². The second-order valence-electron chi connectivity index (χ2n) is 5.00. The molecule has 21 heavy (non-hydrogen) atoms. The number of benzene rings is 1. The average molecular weight is 346 g/mol. The third-order valence-electron chi connectivity index (χ3n) is 3.24. The van der Waals surface area contributed by atoms with Crippen molar-refractivity contribution in [2.24, 2.45) is 0 Å². The number of hydrogen-bond donors (Lipinski definition) is 1. The van der Waals surface area contributed by atoms with Gasteiger partial charge >= 0.3 is 0 Å². The summed E-state index contributed by atoms with van der Waals surface area (Å²) in [5.74, 6) is -0.299. The molecule has 2 rings (SSSR count). The monoisotopic (exact) mass is 345 g/mol. The molecule has 1 aromatic carbocycles. The Kier molecular flexibility index (Phi) is 6.49. The number of thiophene rings is 1. The molecule has 2 aromatic rings. The van der Waals surface area contributed by atoms with Crippen LogP contribution in [0.4, 0.5) is 4.39 Å². The average Bonchev–Trinajstić information content (AvgIpc) is 2.84. The van der Waals surface area contributed by atoms with Crippen molar-refractivity contribution in [2.45, 2.75) is 32.2 Å². The quantitative estimate of drug-likeness (QED) is 0.713. The summed E-state index contributed by atoms with van der Waals surface area (Å²) in [4.78, 5) is 1.24. The second kappa shape index (κ2) is 8.14. The van der Waals surface area contributed by atoms with Crippen LogP contribution in [0.15, 0.2) is 30.3 Å². The highest BCUT2D eigenvalue weighted by atomic mass is 35.5. The lowest BCUT2D eigenvalue weighted by Crippen LogP contribution is -2.33. The van der Waals surface area contributed by atoms with Crippen LogP contribution in [0.5, 0.6) is 0 Å². The van der Waals surface area contributed by atoms with Gasteiger partial charge in [-0.1, -0.05) is 36.2 Å². The molecule has 0 spiro atoms. The minimum absolute atomic E-state index is 0.266. The van der Waals surface area contributed by atoms with Gasteiger partial charge in [0.25, 0.3) is 0 Å². The molecule has 0 aliphatic heterocycles. The van der Waals surface area contributed by atoms with E-state index < -0.39 is 0 Å². The van der Waals surface area contributed by atoms with Gasteiger partial charge in [-0.3, -0.25) is 0 Å². The molecule has 0 bridgehead atoms. The number of halogens is 3.